The van der Waals surface area contributed by atoms with Crippen molar-refractivity contribution in [2.45, 2.75) is 36.6 Å². The molecule has 1 fully saturated rings. The number of halogens is 2. The van der Waals surface area contributed by atoms with Crippen LogP contribution in [0.3, 0.4) is 0 Å². The monoisotopic (exact) mass is 321 g/mol. The summed E-state index contributed by atoms with van der Waals surface area (Å²) in [4.78, 5) is 11.8. The van der Waals surface area contributed by atoms with Crippen molar-refractivity contribution in [2.75, 3.05) is 0 Å². The first-order chi connectivity index (χ1) is 8.71. The summed E-state index contributed by atoms with van der Waals surface area (Å²) in [5.41, 5.74) is 0.0354. The molecule has 1 amide bonds. The third-order valence-electron chi connectivity index (χ3n) is 3.33. The molecular weight excluding hydrogens is 309 g/mol. The number of rotatable bonds is 3. The molecule has 1 aliphatic rings. The van der Waals surface area contributed by atoms with Gasteiger partial charge in [0.2, 0.25) is 0 Å². The lowest BCUT2D eigenvalue weighted by Crippen LogP contribution is -2.50. The summed E-state index contributed by atoms with van der Waals surface area (Å²) < 4.78 is 22.7. The van der Waals surface area contributed by atoms with E-state index in [0.29, 0.717) is 0 Å². The average molecular weight is 322 g/mol. The van der Waals surface area contributed by atoms with Gasteiger partial charge in [0.15, 0.2) is 0 Å². The Morgan fingerprint density at radius 3 is 2.47 bits per heavy atom. The lowest BCUT2D eigenvalue weighted by atomic mass is 9.78. The van der Waals surface area contributed by atoms with Crippen LogP contribution in [0, 0.1) is 0 Å². The van der Waals surface area contributed by atoms with Gasteiger partial charge in [-0.3, -0.25) is 4.79 Å². The third kappa shape index (κ3) is 3.22. The van der Waals surface area contributed by atoms with E-state index in [0.717, 1.165) is 19.3 Å². The molecule has 1 aliphatic carbocycles. The maximum absolute atomic E-state index is 12.1. The fourth-order valence-electron chi connectivity index (χ4n) is 2.01. The van der Waals surface area contributed by atoms with Gasteiger partial charge in [0.25, 0.3) is 15.0 Å². The summed E-state index contributed by atoms with van der Waals surface area (Å²) >= 11 is 5.76. The predicted octanol–water partition coefficient (Wildman–Crippen LogP) is 2.94. The minimum absolute atomic E-state index is 0.00130. The van der Waals surface area contributed by atoms with E-state index in [1.165, 1.54) is 18.2 Å². The highest BCUT2D eigenvalue weighted by molar-refractivity contribution is 8.13. The highest BCUT2D eigenvalue weighted by atomic mass is 35.7. The van der Waals surface area contributed by atoms with Gasteiger partial charge in [0.05, 0.1) is 5.02 Å². The van der Waals surface area contributed by atoms with Gasteiger partial charge in [-0.2, -0.15) is 0 Å². The third-order valence-corrected chi connectivity index (χ3v) is 5.13. The molecule has 0 aromatic heterocycles. The summed E-state index contributed by atoms with van der Waals surface area (Å²) in [7, 11) is 1.30. The molecule has 0 saturated heterocycles. The SMILES string of the molecule is CC1(NC(=O)c2ccc(Cl)c(S(=O)(=O)Cl)c2)CCC1. The van der Waals surface area contributed by atoms with Crippen LogP contribution in [-0.4, -0.2) is 19.9 Å². The molecule has 1 aromatic carbocycles. The molecule has 1 aromatic rings. The van der Waals surface area contributed by atoms with Gasteiger partial charge in [-0.1, -0.05) is 11.6 Å². The van der Waals surface area contributed by atoms with E-state index >= 15 is 0 Å². The first-order valence-electron chi connectivity index (χ1n) is 5.78. The minimum Gasteiger partial charge on any atom is -0.347 e. The zero-order chi connectivity index (χ0) is 14.3. The second kappa shape index (κ2) is 4.96. The lowest BCUT2D eigenvalue weighted by molar-refractivity contribution is 0.0850. The standard InChI is InChI=1S/C12H13Cl2NO3S/c1-12(5-2-6-12)15-11(16)8-3-4-9(13)10(7-8)19(14,17)18/h3-4,7H,2,5-6H2,1H3,(H,15,16). The number of carbonyl (C=O) groups excluding carboxylic acids is 1. The zero-order valence-corrected chi connectivity index (χ0v) is 12.6. The van der Waals surface area contributed by atoms with Gasteiger partial charge in [-0.05, 0) is 44.4 Å². The van der Waals surface area contributed by atoms with Gasteiger partial charge in [-0.25, -0.2) is 8.42 Å². The van der Waals surface area contributed by atoms with Crippen LogP contribution in [0.25, 0.3) is 0 Å². The van der Waals surface area contributed by atoms with Gasteiger partial charge in [0, 0.05) is 21.8 Å². The van der Waals surface area contributed by atoms with Crippen molar-refractivity contribution in [3.05, 3.63) is 28.8 Å². The Balaban J connectivity index is 2.28. The quantitative estimate of drug-likeness (QED) is 0.870. The normalized spacial score (nSPS) is 17.6. The Hall–Kier alpha value is -0.780. The molecule has 4 nitrogen and oxygen atoms in total. The number of benzene rings is 1. The molecule has 0 spiro atoms. The second-order valence-corrected chi connectivity index (χ2v) is 7.89. The van der Waals surface area contributed by atoms with Crippen LogP contribution in [0.15, 0.2) is 23.1 Å². The topological polar surface area (TPSA) is 63.2 Å². The first-order valence-corrected chi connectivity index (χ1v) is 8.47. The molecule has 7 heteroatoms. The Kier molecular flexibility index (Phi) is 3.82. The van der Waals surface area contributed by atoms with Crippen molar-refractivity contribution >= 4 is 37.2 Å². The number of hydrogen-bond donors (Lipinski definition) is 1. The van der Waals surface area contributed by atoms with Crippen molar-refractivity contribution in [3.8, 4) is 0 Å². The summed E-state index contributed by atoms with van der Waals surface area (Å²) in [5, 5.41) is 2.89. The molecule has 1 saturated carbocycles. The summed E-state index contributed by atoms with van der Waals surface area (Å²) in [6.07, 6.45) is 2.93. The van der Waals surface area contributed by atoms with E-state index in [4.69, 9.17) is 22.3 Å². The molecule has 0 unspecified atom stereocenters. The smallest absolute Gasteiger partial charge is 0.262 e. The minimum atomic E-state index is -3.96. The van der Waals surface area contributed by atoms with Crippen LogP contribution in [0.4, 0.5) is 0 Å². The van der Waals surface area contributed by atoms with Gasteiger partial charge in [0.1, 0.15) is 4.90 Å². The second-order valence-electron chi connectivity index (χ2n) is 4.95. The van der Waals surface area contributed by atoms with Crippen molar-refractivity contribution in [1.29, 1.82) is 0 Å². The molecule has 19 heavy (non-hydrogen) atoms. The fourth-order valence-corrected chi connectivity index (χ4v) is 3.50. The Morgan fingerprint density at radius 1 is 1.37 bits per heavy atom. The largest absolute Gasteiger partial charge is 0.347 e. The Labute approximate surface area is 121 Å². The van der Waals surface area contributed by atoms with Gasteiger partial charge >= 0.3 is 0 Å². The molecule has 0 radical (unpaired) electrons. The maximum atomic E-state index is 12.1. The molecule has 0 bridgehead atoms. The lowest BCUT2D eigenvalue weighted by Gasteiger charge is -2.39. The highest BCUT2D eigenvalue weighted by Crippen LogP contribution is 2.32. The van der Waals surface area contributed by atoms with Gasteiger partial charge in [-0.15, -0.1) is 0 Å². The molecule has 104 valence electrons. The Bertz CT molecular complexity index is 624. The van der Waals surface area contributed by atoms with E-state index in [2.05, 4.69) is 5.32 Å². The summed E-state index contributed by atoms with van der Waals surface area (Å²) in [5.74, 6) is -0.319. The van der Waals surface area contributed by atoms with Crippen molar-refractivity contribution in [3.63, 3.8) is 0 Å². The maximum Gasteiger partial charge on any atom is 0.262 e. The molecular formula is C12H13Cl2NO3S. The van der Waals surface area contributed by atoms with Gasteiger partial charge < -0.3 is 5.32 Å². The van der Waals surface area contributed by atoms with E-state index in [1.807, 2.05) is 6.92 Å². The molecule has 0 heterocycles. The highest BCUT2D eigenvalue weighted by Gasteiger charge is 2.33. The van der Waals surface area contributed by atoms with Crippen molar-refractivity contribution in [1.82, 2.24) is 5.32 Å². The van der Waals surface area contributed by atoms with Crippen molar-refractivity contribution < 1.29 is 13.2 Å². The zero-order valence-electron chi connectivity index (χ0n) is 10.2. The number of carbonyl (C=O) groups is 1. The molecule has 1 N–H and O–H groups in total. The fraction of sp³-hybridized carbons (Fsp3) is 0.417. The summed E-state index contributed by atoms with van der Waals surface area (Å²) in [6, 6.07) is 4.03. The summed E-state index contributed by atoms with van der Waals surface area (Å²) in [6.45, 7) is 1.96. The Morgan fingerprint density at radius 2 is 2.00 bits per heavy atom. The van der Waals surface area contributed by atoms with Crippen molar-refractivity contribution in [2.24, 2.45) is 0 Å². The van der Waals surface area contributed by atoms with Crippen LogP contribution in [0.2, 0.25) is 5.02 Å². The number of nitrogens with one attached hydrogen (secondary N) is 1. The number of amides is 1. The van der Waals surface area contributed by atoms with Crippen LogP contribution in [-0.2, 0) is 9.05 Å². The van der Waals surface area contributed by atoms with Crippen LogP contribution < -0.4 is 5.32 Å². The molecule has 0 atom stereocenters. The van der Waals surface area contributed by atoms with E-state index < -0.39 is 9.05 Å². The number of hydrogen-bond acceptors (Lipinski definition) is 3. The molecule has 0 aliphatic heterocycles. The van der Waals surface area contributed by atoms with Crippen LogP contribution >= 0.6 is 22.3 Å². The predicted molar refractivity (Wildman–Crippen MR) is 74.2 cm³/mol. The van der Waals surface area contributed by atoms with E-state index in [1.54, 1.807) is 0 Å². The van der Waals surface area contributed by atoms with Crippen LogP contribution in [0.1, 0.15) is 36.5 Å². The van der Waals surface area contributed by atoms with Crippen LogP contribution in [0.5, 0.6) is 0 Å². The van der Waals surface area contributed by atoms with E-state index in [-0.39, 0.29) is 26.9 Å². The first kappa shape index (κ1) is 14.6. The van der Waals surface area contributed by atoms with E-state index in [9.17, 15) is 13.2 Å². The average Bonchev–Trinajstić information content (AvgIpc) is 2.25. The molecule has 2 rings (SSSR count).